The molecule has 0 radical (unpaired) electrons. The molecule has 1 aliphatic carbocycles. The molecule has 0 saturated heterocycles. The van der Waals surface area contributed by atoms with Crippen LogP contribution in [0.25, 0.3) is 16.9 Å². The van der Waals surface area contributed by atoms with Crippen LogP contribution in [0.1, 0.15) is 24.8 Å². The Kier molecular flexibility index (Phi) is 3.90. The summed E-state index contributed by atoms with van der Waals surface area (Å²) in [5.41, 5.74) is 4.45. The Labute approximate surface area is 136 Å². The Morgan fingerprint density at radius 2 is 1.83 bits per heavy atom. The van der Waals surface area contributed by atoms with Gasteiger partial charge in [0.05, 0.1) is 11.4 Å². The van der Waals surface area contributed by atoms with Gasteiger partial charge in [-0.2, -0.15) is 5.10 Å². The van der Waals surface area contributed by atoms with Crippen LogP contribution in [-0.4, -0.2) is 20.8 Å². The quantitative estimate of drug-likeness (QED) is 0.783. The fourth-order valence-electron chi connectivity index (χ4n) is 2.87. The highest BCUT2D eigenvalue weighted by molar-refractivity contribution is 5.62. The fourth-order valence-corrected chi connectivity index (χ4v) is 2.87. The van der Waals surface area contributed by atoms with Gasteiger partial charge in [0.1, 0.15) is 0 Å². The minimum absolute atomic E-state index is 0.667. The highest BCUT2D eigenvalue weighted by atomic mass is 15.3. The van der Waals surface area contributed by atoms with Gasteiger partial charge in [0.2, 0.25) is 0 Å². The van der Waals surface area contributed by atoms with Crippen molar-refractivity contribution in [3.63, 3.8) is 0 Å². The summed E-state index contributed by atoms with van der Waals surface area (Å²) >= 11 is 0. The number of rotatable bonds is 5. The highest BCUT2D eigenvalue weighted by Crippen LogP contribution is 2.24. The number of nitrogens with zero attached hydrogens (tertiary/aromatic N) is 3. The molecule has 4 rings (SSSR count). The van der Waals surface area contributed by atoms with Crippen molar-refractivity contribution >= 4 is 0 Å². The lowest BCUT2D eigenvalue weighted by atomic mass is 9.93. The predicted octanol–water partition coefficient (Wildman–Crippen LogP) is 3.58. The number of nitrogens with one attached hydrogen (secondary N) is 1. The molecular weight excluding hydrogens is 284 g/mol. The van der Waals surface area contributed by atoms with Gasteiger partial charge in [0.15, 0.2) is 0 Å². The molecule has 0 atom stereocenters. The summed E-state index contributed by atoms with van der Waals surface area (Å²) < 4.78 is 1.97. The first-order valence-corrected chi connectivity index (χ1v) is 8.18. The maximum Gasteiger partial charge on any atom is 0.0973 e. The van der Waals surface area contributed by atoms with Gasteiger partial charge in [-0.15, -0.1) is 0 Å². The van der Waals surface area contributed by atoms with Crippen LogP contribution in [0.2, 0.25) is 0 Å². The Morgan fingerprint density at radius 3 is 2.52 bits per heavy atom. The molecule has 4 heteroatoms. The molecule has 0 unspecified atom stereocenters. The minimum atomic E-state index is 0.667. The smallest absolute Gasteiger partial charge is 0.0973 e. The van der Waals surface area contributed by atoms with Crippen LogP contribution >= 0.6 is 0 Å². The average molecular weight is 304 g/mol. The fraction of sp³-hybridized carbons (Fsp3) is 0.263. The third kappa shape index (κ3) is 3.03. The monoisotopic (exact) mass is 304 g/mol. The van der Waals surface area contributed by atoms with Crippen molar-refractivity contribution in [3.05, 3.63) is 66.6 Å². The lowest BCUT2D eigenvalue weighted by Gasteiger charge is -2.26. The van der Waals surface area contributed by atoms with E-state index in [0.717, 1.165) is 23.5 Å². The second-order valence-electron chi connectivity index (χ2n) is 6.03. The molecule has 0 amide bonds. The van der Waals surface area contributed by atoms with E-state index < -0.39 is 0 Å². The Morgan fingerprint density at radius 1 is 1.04 bits per heavy atom. The maximum absolute atomic E-state index is 4.82. The van der Waals surface area contributed by atoms with Crippen LogP contribution in [0.5, 0.6) is 0 Å². The SMILES string of the molecule is c1ccc(-n2cc(CNC3CCC3)c(-c3ccncc3)n2)cc1. The van der Waals surface area contributed by atoms with Crippen LogP contribution in [0.3, 0.4) is 0 Å². The van der Waals surface area contributed by atoms with E-state index in [4.69, 9.17) is 5.10 Å². The van der Waals surface area contributed by atoms with Crippen molar-refractivity contribution in [3.8, 4) is 16.9 Å². The molecule has 1 saturated carbocycles. The summed E-state index contributed by atoms with van der Waals surface area (Å²) in [5.74, 6) is 0. The van der Waals surface area contributed by atoms with Crippen LogP contribution in [-0.2, 0) is 6.54 Å². The molecule has 1 aromatic carbocycles. The van der Waals surface area contributed by atoms with E-state index in [2.05, 4.69) is 28.6 Å². The summed E-state index contributed by atoms with van der Waals surface area (Å²) in [6.07, 6.45) is 9.70. The van der Waals surface area contributed by atoms with Crippen LogP contribution in [0.4, 0.5) is 0 Å². The van der Waals surface area contributed by atoms with Gasteiger partial charge in [-0.3, -0.25) is 4.98 Å². The number of pyridine rings is 1. The lowest BCUT2D eigenvalue weighted by molar-refractivity contribution is 0.338. The molecule has 116 valence electrons. The number of para-hydroxylation sites is 1. The Hall–Kier alpha value is -2.46. The van der Waals surface area contributed by atoms with E-state index in [9.17, 15) is 0 Å². The van der Waals surface area contributed by atoms with Crippen LogP contribution < -0.4 is 5.32 Å². The molecule has 1 N–H and O–H groups in total. The van der Waals surface area contributed by atoms with Crippen LogP contribution in [0.15, 0.2) is 61.1 Å². The summed E-state index contributed by atoms with van der Waals surface area (Å²) in [6.45, 7) is 0.856. The molecule has 4 nitrogen and oxygen atoms in total. The first kappa shape index (κ1) is 14.2. The molecule has 1 fully saturated rings. The third-order valence-corrected chi connectivity index (χ3v) is 4.45. The first-order chi connectivity index (χ1) is 11.4. The minimum Gasteiger partial charge on any atom is -0.310 e. The zero-order chi connectivity index (χ0) is 15.5. The van der Waals surface area contributed by atoms with Crippen molar-refractivity contribution in [2.45, 2.75) is 31.8 Å². The van der Waals surface area contributed by atoms with E-state index in [-0.39, 0.29) is 0 Å². The van der Waals surface area contributed by atoms with Gasteiger partial charge < -0.3 is 5.32 Å². The summed E-state index contributed by atoms with van der Waals surface area (Å²) in [4.78, 5) is 4.11. The molecular formula is C19H20N4. The molecule has 3 aromatic rings. The zero-order valence-electron chi connectivity index (χ0n) is 13.0. The maximum atomic E-state index is 4.82. The highest BCUT2D eigenvalue weighted by Gasteiger charge is 2.18. The van der Waals surface area contributed by atoms with Crippen molar-refractivity contribution in [2.75, 3.05) is 0 Å². The number of aromatic nitrogens is 3. The van der Waals surface area contributed by atoms with Gasteiger partial charge >= 0.3 is 0 Å². The topological polar surface area (TPSA) is 42.7 Å². The summed E-state index contributed by atoms with van der Waals surface area (Å²) in [5, 5.41) is 8.46. The number of hydrogen-bond acceptors (Lipinski definition) is 3. The Bertz CT molecular complexity index is 761. The first-order valence-electron chi connectivity index (χ1n) is 8.18. The summed E-state index contributed by atoms with van der Waals surface area (Å²) in [6, 6.07) is 15.0. The van der Waals surface area contributed by atoms with E-state index in [1.54, 1.807) is 0 Å². The second kappa shape index (κ2) is 6.34. The second-order valence-corrected chi connectivity index (χ2v) is 6.03. The van der Waals surface area contributed by atoms with Crippen molar-refractivity contribution < 1.29 is 0 Å². The van der Waals surface area contributed by atoms with Crippen molar-refractivity contribution in [2.24, 2.45) is 0 Å². The zero-order valence-corrected chi connectivity index (χ0v) is 13.0. The molecule has 2 heterocycles. The molecule has 2 aromatic heterocycles. The van der Waals surface area contributed by atoms with Gasteiger partial charge in [-0.1, -0.05) is 24.6 Å². The van der Waals surface area contributed by atoms with E-state index >= 15 is 0 Å². The average Bonchev–Trinajstić information content (AvgIpc) is 2.99. The van der Waals surface area contributed by atoms with Crippen molar-refractivity contribution in [1.29, 1.82) is 0 Å². The van der Waals surface area contributed by atoms with Crippen molar-refractivity contribution in [1.82, 2.24) is 20.1 Å². The number of benzene rings is 1. The summed E-state index contributed by atoms with van der Waals surface area (Å²) in [7, 11) is 0. The largest absolute Gasteiger partial charge is 0.310 e. The number of hydrogen-bond donors (Lipinski definition) is 1. The lowest BCUT2D eigenvalue weighted by Crippen LogP contribution is -2.34. The predicted molar refractivity (Wildman–Crippen MR) is 91.3 cm³/mol. The van der Waals surface area contributed by atoms with Gasteiger partial charge in [0, 0.05) is 42.3 Å². The third-order valence-electron chi connectivity index (χ3n) is 4.45. The van der Waals surface area contributed by atoms with Crippen LogP contribution in [0, 0.1) is 0 Å². The van der Waals surface area contributed by atoms with Gasteiger partial charge in [-0.05, 0) is 37.1 Å². The standard InChI is InChI=1S/C19H20N4/c1-2-7-18(8-3-1)23-14-16(13-21-17-5-4-6-17)19(22-23)15-9-11-20-12-10-15/h1-3,7-12,14,17,21H,4-6,13H2. The normalized spacial score (nSPS) is 14.6. The van der Waals surface area contributed by atoms with Gasteiger partial charge in [0.25, 0.3) is 0 Å². The Balaban J connectivity index is 1.68. The van der Waals surface area contributed by atoms with E-state index in [1.807, 2.05) is 47.4 Å². The molecule has 0 spiro atoms. The molecule has 0 aliphatic heterocycles. The van der Waals surface area contributed by atoms with E-state index in [1.165, 1.54) is 24.8 Å². The van der Waals surface area contributed by atoms with Gasteiger partial charge in [-0.25, -0.2) is 4.68 Å². The molecule has 1 aliphatic rings. The molecule has 0 bridgehead atoms. The molecule has 23 heavy (non-hydrogen) atoms. The van der Waals surface area contributed by atoms with E-state index in [0.29, 0.717) is 6.04 Å².